The molecule has 0 saturated heterocycles. The second kappa shape index (κ2) is 5.83. The third-order valence-corrected chi connectivity index (χ3v) is 12.4. The maximum atomic E-state index is 2.54. The molecule has 108 valence electrons. The van der Waals surface area contributed by atoms with Crippen LogP contribution in [0.4, 0.5) is 0 Å². The van der Waals surface area contributed by atoms with Gasteiger partial charge in [0.25, 0.3) is 0 Å². The third kappa shape index (κ3) is 2.50. The van der Waals surface area contributed by atoms with Crippen molar-refractivity contribution in [2.45, 2.75) is 32.9 Å². The maximum Gasteiger partial charge on any atom is 0.0845 e. The molecule has 1 aliphatic carbocycles. The number of benzene rings is 1. The molecule has 0 N–H and O–H groups in total. The summed E-state index contributed by atoms with van der Waals surface area (Å²) >= 11 is 0. The van der Waals surface area contributed by atoms with Gasteiger partial charge < -0.3 is 0 Å². The van der Waals surface area contributed by atoms with Crippen molar-refractivity contribution in [3.05, 3.63) is 71.1 Å². The van der Waals surface area contributed by atoms with E-state index < -0.39 is 8.80 Å². The largest absolute Gasteiger partial charge is 0.0911 e. The highest BCUT2D eigenvalue weighted by atomic mass is 31.1. The van der Waals surface area contributed by atoms with E-state index in [-0.39, 0.29) is 7.53 Å². The van der Waals surface area contributed by atoms with Gasteiger partial charge in [-0.3, -0.25) is 0 Å². The molecule has 0 radical (unpaired) electrons. The summed E-state index contributed by atoms with van der Waals surface area (Å²) in [6.45, 7) is 9.56. The fourth-order valence-corrected chi connectivity index (χ4v) is 11.3. The molecule has 0 spiro atoms. The lowest BCUT2D eigenvalue weighted by molar-refractivity contribution is 1.34. The van der Waals surface area contributed by atoms with Crippen molar-refractivity contribution in [3.8, 4) is 5.30 Å². The lowest BCUT2D eigenvalue weighted by Crippen LogP contribution is -2.30. The highest BCUT2D eigenvalue weighted by Gasteiger charge is 2.26. The van der Waals surface area contributed by atoms with E-state index in [1.165, 1.54) is 5.30 Å². The standard InChI is InChI=1S/C19H23PSi/c1-14-15(2)19(21(4)18-12-8-9-13-18)20(16(14)3)17-10-6-5-7-11-17/h5-13,18,21H,1-4H3. The molecule has 0 aliphatic heterocycles. The number of allylic oxidation sites excluding steroid dienone is 4. The third-order valence-electron chi connectivity index (χ3n) is 4.87. The Morgan fingerprint density at radius 1 is 0.905 bits per heavy atom. The molecule has 1 aromatic heterocycles. The van der Waals surface area contributed by atoms with Gasteiger partial charge >= 0.3 is 0 Å². The Labute approximate surface area is 130 Å². The van der Waals surface area contributed by atoms with E-state index in [0.717, 1.165) is 0 Å². The first-order valence-corrected chi connectivity index (χ1v) is 11.4. The first-order valence-electron chi connectivity index (χ1n) is 7.70. The van der Waals surface area contributed by atoms with Crippen molar-refractivity contribution < 1.29 is 0 Å². The molecule has 1 heterocycles. The number of rotatable bonds is 3. The van der Waals surface area contributed by atoms with E-state index in [1.807, 2.05) is 4.92 Å². The highest BCUT2D eigenvalue weighted by molar-refractivity contribution is 7.64. The van der Waals surface area contributed by atoms with Gasteiger partial charge in [0.1, 0.15) is 0 Å². The van der Waals surface area contributed by atoms with Gasteiger partial charge in [-0.2, -0.15) is 0 Å². The molecule has 2 aromatic rings. The van der Waals surface area contributed by atoms with E-state index in [2.05, 4.69) is 82.0 Å². The Hall–Kier alpha value is -1.30. The first-order chi connectivity index (χ1) is 10.1. The number of hydrogen-bond acceptors (Lipinski definition) is 0. The van der Waals surface area contributed by atoms with Gasteiger partial charge in [0.2, 0.25) is 0 Å². The SMILES string of the molecule is Cc1c(C)c([SiH](C)C2C=CC=C2)p(-c2ccccc2)c1C. The second-order valence-electron chi connectivity index (χ2n) is 6.03. The van der Waals surface area contributed by atoms with E-state index in [0.29, 0.717) is 5.54 Å². The Morgan fingerprint density at radius 3 is 2.14 bits per heavy atom. The van der Waals surface area contributed by atoms with E-state index in [4.69, 9.17) is 0 Å². The molecule has 0 bridgehead atoms. The Morgan fingerprint density at radius 2 is 1.52 bits per heavy atom. The van der Waals surface area contributed by atoms with Gasteiger partial charge in [0, 0.05) is 0 Å². The molecule has 2 unspecified atom stereocenters. The molecular weight excluding hydrogens is 287 g/mol. The lowest BCUT2D eigenvalue weighted by atomic mass is 10.2. The van der Waals surface area contributed by atoms with Crippen LogP contribution in [0.3, 0.4) is 0 Å². The van der Waals surface area contributed by atoms with Crippen molar-refractivity contribution >= 4 is 21.2 Å². The van der Waals surface area contributed by atoms with Gasteiger partial charge in [-0.25, -0.2) is 0 Å². The van der Waals surface area contributed by atoms with Crippen molar-refractivity contribution in [2.75, 3.05) is 0 Å². The van der Waals surface area contributed by atoms with Crippen LogP contribution in [0.25, 0.3) is 5.30 Å². The van der Waals surface area contributed by atoms with Crippen LogP contribution in [0.2, 0.25) is 12.1 Å². The fraction of sp³-hybridized carbons (Fsp3) is 0.263. The zero-order valence-electron chi connectivity index (χ0n) is 13.3. The van der Waals surface area contributed by atoms with Gasteiger partial charge in [0.05, 0.1) is 8.80 Å². The molecule has 0 fully saturated rings. The minimum Gasteiger partial charge on any atom is -0.0911 e. The lowest BCUT2D eigenvalue weighted by Gasteiger charge is -2.19. The van der Waals surface area contributed by atoms with Gasteiger partial charge in [-0.1, -0.05) is 68.7 Å². The van der Waals surface area contributed by atoms with Gasteiger partial charge in [0.15, 0.2) is 0 Å². The zero-order valence-corrected chi connectivity index (χ0v) is 15.3. The Balaban J connectivity index is 2.17. The molecule has 1 aliphatic rings. The van der Waals surface area contributed by atoms with E-state index in [1.54, 1.807) is 16.4 Å². The van der Waals surface area contributed by atoms with Crippen molar-refractivity contribution in [1.29, 1.82) is 0 Å². The molecule has 0 amide bonds. The van der Waals surface area contributed by atoms with Crippen LogP contribution in [0.1, 0.15) is 16.4 Å². The predicted molar refractivity (Wildman–Crippen MR) is 99.4 cm³/mol. The van der Waals surface area contributed by atoms with E-state index >= 15 is 0 Å². The normalized spacial score (nSPS) is 16.7. The van der Waals surface area contributed by atoms with Crippen molar-refractivity contribution in [3.63, 3.8) is 0 Å². The van der Waals surface area contributed by atoms with Crippen LogP contribution in [0, 0.1) is 20.8 Å². The van der Waals surface area contributed by atoms with Crippen LogP contribution in [-0.2, 0) is 0 Å². The molecule has 3 rings (SSSR count). The average molecular weight is 310 g/mol. The smallest absolute Gasteiger partial charge is 0.0845 e. The molecule has 0 nitrogen and oxygen atoms in total. The Bertz CT molecular complexity index is 695. The summed E-state index contributed by atoms with van der Waals surface area (Å²) in [5, 5.41) is 3.15. The summed E-state index contributed by atoms with van der Waals surface area (Å²) in [7, 11) is -1.22. The molecule has 1 aromatic carbocycles. The molecule has 2 heteroatoms. The maximum absolute atomic E-state index is 2.54. The topological polar surface area (TPSA) is 0 Å². The molecule has 21 heavy (non-hydrogen) atoms. The minimum atomic E-state index is -0.976. The summed E-state index contributed by atoms with van der Waals surface area (Å²) in [5.41, 5.74) is 3.84. The minimum absolute atomic E-state index is 0.246. The van der Waals surface area contributed by atoms with Crippen molar-refractivity contribution in [2.24, 2.45) is 0 Å². The van der Waals surface area contributed by atoms with Crippen LogP contribution >= 0.6 is 7.53 Å². The van der Waals surface area contributed by atoms with Crippen LogP contribution < -0.4 is 4.92 Å². The predicted octanol–water partition coefficient (Wildman–Crippen LogP) is 5.15. The molecular formula is C19H23PSi. The Kier molecular flexibility index (Phi) is 4.06. The fourth-order valence-electron chi connectivity index (χ4n) is 3.40. The average Bonchev–Trinajstić information content (AvgIpc) is 3.11. The quantitative estimate of drug-likeness (QED) is 0.688. The van der Waals surface area contributed by atoms with Crippen LogP contribution in [0.15, 0.2) is 54.6 Å². The van der Waals surface area contributed by atoms with Crippen LogP contribution in [0.5, 0.6) is 0 Å². The molecule has 0 saturated carbocycles. The van der Waals surface area contributed by atoms with E-state index in [9.17, 15) is 0 Å². The zero-order chi connectivity index (χ0) is 15.0. The van der Waals surface area contributed by atoms with Crippen LogP contribution in [-0.4, -0.2) is 8.80 Å². The van der Waals surface area contributed by atoms with Gasteiger partial charge in [-0.15, -0.1) is 0 Å². The monoisotopic (exact) mass is 310 g/mol. The molecule has 2 atom stereocenters. The van der Waals surface area contributed by atoms with Crippen molar-refractivity contribution in [1.82, 2.24) is 0 Å². The second-order valence-corrected chi connectivity index (χ2v) is 11.8. The summed E-state index contributed by atoms with van der Waals surface area (Å²) < 4.78 is 0. The summed E-state index contributed by atoms with van der Waals surface area (Å²) in [5.74, 6) is 0. The van der Waals surface area contributed by atoms with Gasteiger partial charge in [-0.05, 0) is 53.0 Å². The summed E-state index contributed by atoms with van der Waals surface area (Å²) in [6, 6.07) is 11.1. The summed E-state index contributed by atoms with van der Waals surface area (Å²) in [4.78, 5) is 1.81. The highest BCUT2D eigenvalue weighted by Crippen LogP contribution is 2.46. The number of hydrogen-bond donors (Lipinski definition) is 0. The first kappa shape index (κ1) is 14.6. The summed E-state index contributed by atoms with van der Waals surface area (Å²) in [6.07, 6.45) is 9.24.